The van der Waals surface area contributed by atoms with Crippen LogP contribution >= 0.6 is 0 Å². The van der Waals surface area contributed by atoms with Crippen molar-refractivity contribution in [3.8, 4) is 0 Å². The molecule has 1 rings (SSSR count). The number of carbonyl (C=O) groups excluding carboxylic acids is 2. The SMILES string of the molecule is CCC(C)(OC(=O)C=CC(=O)OC1CCCCC1)[SiH](O[Si](C)(C)C)O[Si](C)(C)C. The molecular formula is C20H40O6Si3. The van der Waals surface area contributed by atoms with E-state index in [1.54, 1.807) is 0 Å². The first kappa shape index (κ1) is 26.3. The van der Waals surface area contributed by atoms with E-state index in [-0.39, 0.29) is 6.10 Å². The van der Waals surface area contributed by atoms with Crippen molar-refractivity contribution in [1.29, 1.82) is 0 Å². The highest BCUT2D eigenvalue weighted by atomic mass is 28.4. The molecule has 0 aliphatic heterocycles. The van der Waals surface area contributed by atoms with Crippen molar-refractivity contribution in [3.05, 3.63) is 12.2 Å². The molecule has 0 saturated heterocycles. The van der Waals surface area contributed by atoms with E-state index < -0.39 is 43.1 Å². The van der Waals surface area contributed by atoms with Crippen LogP contribution in [0.1, 0.15) is 52.4 Å². The molecule has 0 spiro atoms. The molecule has 168 valence electrons. The fourth-order valence-electron chi connectivity index (χ4n) is 2.99. The zero-order valence-electron chi connectivity index (χ0n) is 19.5. The molecule has 1 unspecified atom stereocenters. The van der Waals surface area contributed by atoms with Crippen LogP contribution in [0, 0.1) is 0 Å². The first-order valence-corrected chi connectivity index (χ1v) is 19.0. The Morgan fingerprint density at radius 1 is 0.931 bits per heavy atom. The van der Waals surface area contributed by atoms with Gasteiger partial charge in [0.05, 0.1) is 0 Å². The average Bonchev–Trinajstić information content (AvgIpc) is 2.58. The third-order valence-electron chi connectivity index (χ3n) is 4.65. The molecule has 1 aliphatic carbocycles. The van der Waals surface area contributed by atoms with Crippen molar-refractivity contribution in [2.24, 2.45) is 0 Å². The van der Waals surface area contributed by atoms with Crippen LogP contribution < -0.4 is 0 Å². The Labute approximate surface area is 180 Å². The lowest BCUT2D eigenvalue weighted by molar-refractivity contribution is -0.148. The molecule has 0 aromatic rings. The van der Waals surface area contributed by atoms with E-state index in [4.69, 9.17) is 17.7 Å². The Morgan fingerprint density at radius 2 is 1.41 bits per heavy atom. The quantitative estimate of drug-likeness (QED) is 0.270. The Bertz CT molecular complexity index is 560. The monoisotopic (exact) mass is 460 g/mol. The van der Waals surface area contributed by atoms with E-state index in [2.05, 4.69) is 39.3 Å². The van der Waals surface area contributed by atoms with Crippen LogP contribution in [0.4, 0.5) is 0 Å². The second-order valence-corrected chi connectivity index (χ2v) is 22.1. The zero-order valence-corrected chi connectivity index (χ0v) is 22.7. The summed E-state index contributed by atoms with van der Waals surface area (Å²) in [6.07, 6.45) is 8.03. The van der Waals surface area contributed by atoms with Gasteiger partial charge in [-0.05, 0) is 78.3 Å². The van der Waals surface area contributed by atoms with Crippen molar-refractivity contribution in [1.82, 2.24) is 0 Å². The van der Waals surface area contributed by atoms with Crippen LogP contribution in [0.3, 0.4) is 0 Å². The summed E-state index contributed by atoms with van der Waals surface area (Å²) in [5.41, 5.74) is 0. The highest BCUT2D eigenvalue weighted by Gasteiger charge is 2.45. The molecule has 1 atom stereocenters. The normalized spacial score (nSPS) is 18.7. The summed E-state index contributed by atoms with van der Waals surface area (Å²) in [6.45, 7) is 16.5. The first-order chi connectivity index (χ1) is 13.2. The molecule has 29 heavy (non-hydrogen) atoms. The van der Waals surface area contributed by atoms with Gasteiger partial charge in [-0.3, -0.25) is 0 Å². The molecule has 1 fully saturated rings. The maximum absolute atomic E-state index is 12.5. The maximum Gasteiger partial charge on any atom is 0.346 e. The molecule has 0 amide bonds. The number of ether oxygens (including phenoxy) is 2. The summed E-state index contributed by atoms with van der Waals surface area (Å²) in [6, 6.07) is 0. The Morgan fingerprint density at radius 3 is 1.86 bits per heavy atom. The van der Waals surface area contributed by atoms with Crippen LogP contribution in [0.5, 0.6) is 0 Å². The van der Waals surface area contributed by atoms with Gasteiger partial charge in [-0.15, -0.1) is 0 Å². The van der Waals surface area contributed by atoms with Crippen molar-refractivity contribution in [3.63, 3.8) is 0 Å². The summed E-state index contributed by atoms with van der Waals surface area (Å²) in [4.78, 5) is 24.5. The predicted octanol–water partition coefficient (Wildman–Crippen LogP) is 4.59. The Kier molecular flexibility index (Phi) is 10.0. The number of hydrogen-bond acceptors (Lipinski definition) is 6. The Hall–Kier alpha value is -0.749. The number of hydrogen-bond donors (Lipinski definition) is 0. The van der Waals surface area contributed by atoms with Gasteiger partial charge < -0.3 is 17.7 Å². The van der Waals surface area contributed by atoms with E-state index in [0.29, 0.717) is 6.42 Å². The van der Waals surface area contributed by atoms with Gasteiger partial charge in [0.15, 0.2) is 16.6 Å². The lowest BCUT2D eigenvalue weighted by atomic mass is 9.98. The highest BCUT2D eigenvalue weighted by molar-refractivity contribution is 6.81. The van der Waals surface area contributed by atoms with Crippen LogP contribution in [-0.2, 0) is 27.3 Å². The molecule has 1 saturated carbocycles. The van der Waals surface area contributed by atoms with Gasteiger partial charge in [0.2, 0.25) is 0 Å². The fourth-order valence-corrected chi connectivity index (χ4v) is 11.3. The molecule has 0 aromatic heterocycles. The van der Waals surface area contributed by atoms with E-state index >= 15 is 0 Å². The summed E-state index contributed by atoms with van der Waals surface area (Å²) in [5.74, 6) is -1.05. The van der Waals surface area contributed by atoms with Crippen LogP contribution in [0.15, 0.2) is 12.2 Å². The van der Waals surface area contributed by atoms with Crippen LogP contribution in [-0.4, -0.2) is 49.2 Å². The summed E-state index contributed by atoms with van der Waals surface area (Å²) in [7, 11) is -6.09. The fraction of sp³-hybridized carbons (Fsp3) is 0.800. The molecule has 0 radical (unpaired) electrons. The van der Waals surface area contributed by atoms with Crippen molar-refractivity contribution >= 4 is 37.9 Å². The largest absolute Gasteiger partial charge is 0.459 e. The van der Waals surface area contributed by atoms with Gasteiger partial charge in [0.1, 0.15) is 11.3 Å². The smallest absolute Gasteiger partial charge is 0.346 e. The van der Waals surface area contributed by atoms with Gasteiger partial charge in [-0.2, -0.15) is 0 Å². The third kappa shape index (κ3) is 10.7. The van der Waals surface area contributed by atoms with Crippen molar-refractivity contribution < 1.29 is 27.3 Å². The lowest BCUT2D eigenvalue weighted by Crippen LogP contribution is -2.57. The molecule has 6 nitrogen and oxygen atoms in total. The van der Waals surface area contributed by atoms with Crippen LogP contribution in [0.2, 0.25) is 39.3 Å². The predicted molar refractivity (Wildman–Crippen MR) is 123 cm³/mol. The van der Waals surface area contributed by atoms with Gasteiger partial charge in [0, 0.05) is 12.2 Å². The minimum absolute atomic E-state index is 0.0371. The van der Waals surface area contributed by atoms with E-state index in [1.165, 1.54) is 12.5 Å². The maximum atomic E-state index is 12.5. The minimum atomic E-state index is -2.32. The second-order valence-electron chi connectivity index (χ2n) is 9.91. The number of esters is 2. The van der Waals surface area contributed by atoms with Gasteiger partial charge in [0.25, 0.3) is 0 Å². The average molecular weight is 461 g/mol. The summed E-state index contributed by atoms with van der Waals surface area (Å²) in [5, 5.41) is -0.810. The van der Waals surface area contributed by atoms with E-state index in [0.717, 1.165) is 31.8 Å². The minimum Gasteiger partial charge on any atom is -0.459 e. The lowest BCUT2D eigenvalue weighted by Gasteiger charge is -2.40. The van der Waals surface area contributed by atoms with Gasteiger partial charge in [-0.1, -0.05) is 13.3 Å². The van der Waals surface area contributed by atoms with Crippen molar-refractivity contribution in [2.45, 2.75) is 103 Å². The standard InChI is InChI=1S/C20H40O6Si3/c1-9-20(2,27(25-28(3,4)5)26-29(6,7)8)24-19(22)16-15-18(21)23-17-13-11-10-12-14-17/h15-17,27H,9-14H2,1-8H3. The molecule has 0 heterocycles. The number of carbonyl (C=O) groups is 2. The molecule has 1 aliphatic rings. The van der Waals surface area contributed by atoms with E-state index in [9.17, 15) is 9.59 Å². The van der Waals surface area contributed by atoms with Gasteiger partial charge in [-0.25, -0.2) is 9.59 Å². The highest BCUT2D eigenvalue weighted by Crippen LogP contribution is 2.27. The molecular weight excluding hydrogens is 420 g/mol. The van der Waals surface area contributed by atoms with E-state index in [1.807, 2.05) is 13.8 Å². The van der Waals surface area contributed by atoms with Gasteiger partial charge >= 0.3 is 21.2 Å². The number of rotatable bonds is 10. The zero-order chi connectivity index (χ0) is 22.3. The molecule has 9 heteroatoms. The molecule has 0 N–H and O–H groups in total. The first-order valence-electron chi connectivity index (χ1n) is 10.7. The second kappa shape index (κ2) is 11.0. The van der Waals surface area contributed by atoms with Crippen molar-refractivity contribution in [2.75, 3.05) is 0 Å². The molecule has 0 aromatic carbocycles. The molecule has 0 bridgehead atoms. The third-order valence-corrected chi connectivity index (χ3v) is 13.5. The summed E-state index contributed by atoms with van der Waals surface area (Å²) >= 11 is 0. The topological polar surface area (TPSA) is 71.1 Å². The summed E-state index contributed by atoms with van der Waals surface area (Å²) < 4.78 is 24.0. The van der Waals surface area contributed by atoms with Crippen LogP contribution in [0.25, 0.3) is 0 Å². The Balaban J connectivity index is 2.78.